The molecule has 2 aromatic carbocycles. The summed E-state index contributed by atoms with van der Waals surface area (Å²) < 4.78 is 0. The molecule has 0 saturated carbocycles. The van der Waals surface area contributed by atoms with Crippen LogP contribution in [0.5, 0.6) is 0 Å². The average Bonchev–Trinajstić information content (AvgIpc) is 2.70. The molecule has 0 spiro atoms. The Morgan fingerprint density at radius 2 is 1.42 bits per heavy atom. The first kappa shape index (κ1) is 16.5. The number of likely N-dealkylation sites (N-methyl/N-ethyl adjacent to an activating group) is 1. The summed E-state index contributed by atoms with van der Waals surface area (Å²) in [4.78, 5) is 18.6. The minimum atomic E-state index is 0.569. The number of rotatable bonds is 4. The lowest BCUT2D eigenvalue weighted by molar-refractivity contribution is 0.311. The monoisotopic (exact) mass is 346 g/mol. The van der Waals surface area contributed by atoms with Crippen molar-refractivity contribution in [3.8, 4) is 11.4 Å². The summed E-state index contributed by atoms with van der Waals surface area (Å²) in [7, 11) is 2.14. The number of hydrogen-bond donors (Lipinski definition) is 1. The maximum Gasteiger partial charge on any atom is 0.232 e. The van der Waals surface area contributed by atoms with Crippen LogP contribution in [0.3, 0.4) is 0 Å². The molecule has 0 aliphatic carbocycles. The molecule has 0 atom stereocenters. The van der Waals surface area contributed by atoms with Crippen molar-refractivity contribution < 1.29 is 0 Å². The molecule has 6 heteroatoms. The van der Waals surface area contributed by atoms with Gasteiger partial charge in [0.05, 0.1) is 0 Å². The zero-order valence-electron chi connectivity index (χ0n) is 14.8. The lowest BCUT2D eigenvalue weighted by atomic mass is 10.2. The van der Waals surface area contributed by atoms with Crippen molar-refractivity contribution >= 4 is 17.6 Å². The molecule has 0 radical (unpaired) electrons. The van der Waals surface area contributed by atoms with Crippen LogP contribution in [0.2, 0.25) is 0 Å². The van der Waals surface area contributed by atoms with Crippen molar-refractivity contribution in [1.82, 2.24) is 19.9 Å². The molecule has 4 rings (SSSR count). The second-order valence-corrected chi connectivity index (χ2v) is 6.43. The maximum atomic E-state index is 4.74. The first-order chi connectivity index (χ1) is 12.8. The van der Waals surface area contributed by atoms with E-state index in [-0.39, 0.29) is 0 Å². The van der Waals surface area contributed by atoms with Crippen LogP contribution in [0.1, 0.15) is 0 Å². The highest BCUT2D eigenvalue weighted by molar-refractivity contribution is 5.61. The van der Waals surface area contributed by atoms with E-state index in [9.17, 15) is 0 Å². The Morgan fingerprint density at radius 3 is 2.12 bits per heavy atom. The average molecular weight is 346 g/mol. The molecule has 0 unspecified atom stereocenters. The molecule has 1 N–H and O–H groups in total. The number of para-hydroxylation sites is 1. The summed E-state index contributed by atoms with van der Waals surface area (Å²) in [6.07, 6.45) is 0. The third-order valence-electron chi connectivity index (χ3n) is 4.47. The van der Waals surface area contributed by atoms with E-state index in [1.54, 1.807) is 0 Å². The minimum absolute atomic E-state index is 0.569. The number of nitrogens with one attached hydrogen (secondary N) is 1. The third-order valence-corrected chi connectivity index (χ3v) is 4.47. The molecular weight excluding hydrogens is 324 g/mol. The highest BCUT2D eigenvalue weighted by Crippen LogP contribution is 2.22. The largest absolute Gasteiger partial charge is 0.338 e. The van der Waals surface area contributed by atoms with Gasteiger partial charge >= 0.3 is 0 Å². The van der Waals surface area contributed by atoms with Gasteiger partial charge in [0.1, 0.15) is 0 Å². The Morgan fingerprint density at radius 1 is 0.769 bits per heavy atom. The van der Waals surface area contributed by atoms with Gasteiger partial charge in [-0.15, -0.1) is 0 Å². The summed E-state index contributed by atoms with van der Waals surface area (Å²) >= 11 is 0. The van der Waals surface area contributed by atoms with Gasteiger partial charge < -0.3 is 15.1 Å². The van der Waals surface area contributed by atoms with Crippen molar-refractivity contribution in [1.29, 1.82) is 0 Å². The molecule has 1 aliphatic heterocycles. The molecule has 1 aliphatic rings. The van der Waals surface area contributed by atoms with Gasteiger partial charge in [-0.25, -0.2) is 0 Å². The summed E-state index contributed by atoms with van der Waals surface area (Å²) in [5.41, 5.74) is 1.95. The molecule has 132 valence electrons. The SMILES string of the molecule is CN1CCN(c2nc(Nc3ccccc3)nc(-c3ccccc3)n2)CC1. The van der Waals surface area contributed by atoms with E-state index >= 15 is 0 Å². The Hall–Kier alpha value is -2.99. The molecular formula is C20H22N6. The number of anilines is 3. The first-order valence-corrected chi connectivity index (χ1v) is 8.85. The number of piperazine rings is 1. The minimum Gasteiger partial charge on any atom is -0.338 e. The fraction of sp³-hybridized carbons (Fsp3) is 0.250. The van der Waals surface area contributed by atoms with Crippen LogP contribution < -0.4 is 10.2 Å². The van der Waals surface area contributed by atoms with Gasteiger partial charge in [0, 0.05) is 37.4 Å². The lowest BCUT2D eigenvalue weighted by Crippen LogP contribution is -2.45. The summed E-state index contributed by atoms with van der Waals surface area (Å²) in [6.45, 7) is 3.85. The zero-order chi connectivity index (χ0) is 17.8. The van der Waals surface area contributed by atoms with Gasteiger partial charge in [-0.2, -0.15) is 15.0 Å². The van der Waals surface area contributed by atoms with Crippen LogP contribution in [0.15, 0.2) is 60.7 Å². The van der Waals surface area contributed by atoms with Crippen LogP contribution in [0.25, 0.3) is 11.4 Å². The number of nitrogens with zero attached hydrogens (tertiary/aromatic N) is 5. The van der Waals surface area contributed by atoms with E-state index in [0.717, 1.165) is 43.4 Å². The van der Waals surface area contributed by atoms with Crippen molar-refractivity contribution in [2.45, 2.75) is 0 Å². The predicted octanol–water partition coefficient (Wildman–Crippen LogP) is 3.03. The summed E-state index contributed by atoms with van der Waals surface area (Å²) in [5, 5.41) is 3.30. The van der Waals surface area contributed by atoms with E-state index in [0.29, 0.717) is 11.8 Å². The lowest BCUT2D eigenvalue weighted by Gasteiger charge is -2.32. The van der Waals surface area contributed by atoms with E-state index in [2.05, 4.69) is 32.1 Å². The van der Waals surface area contributed by atoms with Crippen LogP contribution in [-0.2, 0) is 0 Å². The fourth-order valence-electron chi connectivity index (χ4n) is 2.94. The van der Waals surface area contributed by atoms with Crippen LogP contribution in [0, 0.1) is 0 Å². The van der Waals surface area contributed by atoms with Gasteiger partial charge in [0.25, 0.3) is 0 Å². The Kier molecular flexibility index (Phi) is 4.75. The van der Waals surface area contributed by atoms with Crippen molar-refractivity contribution in [3.05, 3.63) is 60.7 Å². The summed E-state index contributed by atoms with van der Waals surface area (Å²) in [6, 6.07) is 20.0. The highest BCUT2D eigenvalue weighted by atomic mass is 15.3. The first-order valence-electron chi connectivity index (χ1n) is 8.85. The molecule has 0 amide bonds. The van der Waals surface area contributed by atoms with E-state index in [1.807, 2.05) is 60.7 Å². The maximum absolute atomic E-state index is 4.74. The highest BCUT2D eigenvalue weighted by Gasteiger charge is 2.19. The molecule has 1 saturated heterocycles. The van der Waals surface area contributed by atoms with Gasteiger partial charge in [0.15, 0.2) is 5.82 Å². The van der Waals surface area contributed by atoms with Gasteiger partial charge in [-0.05, 0) is 19.2 Å². The zero-order valence-corrected chi connectivity index (χ0v) is 14.8. The van der Waals surface area contributed by atoms with Gasteiger partial charge in [-0.3, -0.25) is 0 Å². The van der Waals surface area contributed by atoms with Crippen molar-refractivity contribution in [3.63, 3.8) is 0 Å². The molecule has 3 aromatic rings. The van der Waals surface area contributed by atoms with E-state index in [1.165, 1.54) is 0 Å². The fourth-order valence-corrected chi connectivity index (χ4v) is 2.94. The number of hydrogen-bond acceptors (Lipinski definition) is 6. The van der Waals surface area contributed by atoms with E-state index in [4.69, 9.17) is 4.98 Å². The molecule has 6 nitrogen and oxygen atoms in total. The van der Waals surface area contributed by atoms with Gasteiger partial charge in [-0.1, -0.05) is 48.5 Å². The third kappa shape index (κ3) is 3.81. The second kappa shape index (κ2) is 7.49. The molecule has 2 heterocycles. The Labute approximate surface area is 153 Å². The number of benzene rings is 2. The number of aromatic nitrogens is 3. The van der Waals surface area contributed by atoms with Crippen molar-refractivity contribution in [2.75, 3.05) is 43.4 Å². The quantitative estimate of drug-likeness (QED) is 0.784. The van der Waals surface area contributed by atoms with Gasteiger partial charge in [0.2, 0.25) is 11.9 Å². The van der Waals surface area contributed by atoms with E-state index < -0.39 is 0 Å². The molecule has 1 fully saturated rings. The van der Waals surface area contributed by atoms with Crippen LogP contribution >= 0.6 is 0 Å². The predicted molar refractivity (Wildman–Crippen MR) is 105 cm³/mol. The normalized spacial score (nSPS) is 15.0. The molecule has 26 heavy (non-hydrogen) atoms. The Balaban J connectivity index is 1.69. The smallest absolute Gasteiger partial charge is 0.232 e. The second-order valence-electron chi connectivity index (χ2n) is 6.43. The van der Waals surface area contributed by atoms with Crippen LogP contribution in [0.4, 0.5) is 17.6 Å². The molecule has 1 aromatic heterocycles. The topological polar surface area (TPSA) is 57.2 Å². The van der Waals surface area contributed by atoms with Crippen LogP contribution in [-0.4, -0.2) is 53.1 Å². The Bertz CT molecular complexity index is 845. The standard InChI is InChI=1S/C20H22N6/c1-25-12-14-26(15-13-25)20-23-18(16-8-4-2-5-9-16)22-19(24-20)21-17-10-6-3-7-11-17/h2-11H,12-15H2,1H3,(H,21,22,23,24). The van der Waals surface area contributed by atoms with Crippen molar-refractivity contribution in [2.24, 2.45) is 0 Å². The summed E-state index contributed by atoms with van der Waals surface area (Å²) in [5.74, 6) is 1.98. The molecule has 0 bridgehead atoms.